The quantitative estimate of drug-likeness (QED) is 0.324. The predicted molar refractivity (Wildman–Crippen MR) is 91.2 cm³/mol. The van der Waals surface area contributed by atoms with Crippen molar-refractivity contribution in [1.29, 1.82) is 0 Å². The molecule has 0 radical (unpaired) electrons. The SMILES string of the molecule is O=C(COc1cccnc1[N+](=O)[O-])NCCCSc1ccccc1. The van der Waals surface area contributed by atoms with Crippen molar-refractivity contribution in [2.75, 3.05) is 18.9 Å². The highest BCUT2D eigenvalue weighted by Gasteiger charge is 2.16. The number of rotatable bonds is 9. The Bertz CT molecular complexity index is 682. The number of nitrogens with one attached hydrogen (secondary N) is 1. The number of amides is 1. The van der Waals surface area contributed by atoms with E-state index in [9.17, 15) is 14.9 Å². The van der Waals surface area contributed by atoms with Gasteiger partial charge < -0.3 is 20.2 Å². The van der Waals surface area contributed by atoms with Crippen molar-refractivity contribution >= 4 is 23.5 Å². The summed E-state index contributed by atoms with van der Waals surface area (Å²) in [6, 6.07) is 12.9. The van der Waals surface area contributed by atoms with Crippen LogP contribution in [0.3, 0.4) is 0 Å². The molecule has 1 N–H and O–H groups in total. The molecule has 0 aliphatic heterocycles. The lowest BCUT2D eigenvalue weighted by Crippen LogP contribution is -2.30. The highest BCUT2D eigenvalue weighted by Crippen LogP contribution is 2.22. The van der Waals surface area contributed by atoms with Gasteiger partial charge in [-0.05, 0) is 46.3 Å². The van der Waals surface area contributed by atoms with Crippen LogP contribution in [0.1, 0.15) is 6.42 Å². The smallest absolute Gasteiger partial charge is 0.406 e. The number of pyridine rings is 1. The summed E-state index contributed by atoms with van der Waals surface area (Å²) in [5, 5.41) is 13.5. The Balaban J connectivity index is 1.64. The normalized spacial score (nSPS) is 10.2. The Hall–Kier alpha value is -2.61. The van der Waals surface area contributed by atoms with Gasteiger partial charge in [-0.3, -0.25) is 4.79 Å². The van der Waals surface area contributed by atoms with Gasteiger partial charge in [-0.15, -0.1) is 11.8 Å². The van der Waals surface area contributed by atoms with Crippen LogP contribution >= 0.6 is 11.8 Å². The Morgan fingerprint density at radius 2 is 2.04 bits per heavy atom. The molecule has 24 heavy (non-hydrogen) atoms. The summed E-state index contributed by atoms with van der Waals surface area (Å²) in [6.45, 7) is 0.246. The summed E-state index contributed by atoms with van der Waals surface area (Å²) in [5.74, 6) is 0.152. The average molecular weight is 347 g/mol. The number of hydrogen-bond donors (Lipinski definition) is 1. The average Bonchev–Trinajstić information content (AvgIpc) is 2.60. The zero-order valence-corrected chi connectivity index (χ0v) is 13.7. The van der Waals surface area contributed by atoms with Crippen molar-refractivity contribution in [1.82, 2.24) is 10.3 Å². The third-order valence-corrected chi connectivity index (χ3v) is 4.04. The van der Waals surface area contributed by atoms with Crippen LogP contribution in [0.5, 0.6) is 5.75 Å². The van der Waals surface area contributed by atoms with Crippen molar-refractivity contribution in [3.8, 4) is 5.75 Å². The predicted octanol–water partition coefficient (Wildman–Crippen LogP) is 2.67. The van der Waals surface area contributed by atoms with Gasteiger partial charge in [-0.25, -0.2) is 0 Å². The Morgan fingerprint density at radius 1 is 1.25 bits per heavy atom. The Morgan fingerprint density at radius 3 is 2.79 bits per heavy atom. The molecule has 0 bridgehead atoms. The molecular weight excluding hydrogens is 330 g/mol. The number of nitro groups is 1. The molecule has 0 spiro atoms. The van der Waals surface area contributed by atoms with Gasteiger partial charge in [-0.1, -0.05) is 18.2 Å². The van der Waals surface area contributed by atoms with Crippen molar-refractivity contribution in [3.05, 3.63) is 58.8 Å². The number of carbonyl (C=O) groups excluding carboxylic acids is 1. The molecule has 7 nitrogen and oxygen atoms in total. The van der Waals surface area contributed by atoms with Crippen LogP contribution in [-0.2, 0) is 4.79 Å². The number of ether oxygens (including phenoxy) is 1. The van der Waals surface area contributed by atoms with E-state index in [1.807, 2.05) is 30.3 Å². The van der Waals surface area contributed by atoms with Crippen LogP contribution in [0.4, 0.5) is 5.82 Å². The molecule has 1 aromatic heterocycles. The molecule has 2 aromatic rings. The van der Waals surface area contributed by atoms with Crippen LogP contribution in [0, 0.1) is 10.1 Å². The minimum Gasteiger partial charge on any atom is -0.476 e. The first-order valence-electron chi connectivity index (χ1n) is 7.33. The van der Waals surface area contributed by atoms with Gasteiger partial charge in [0.1, 0.15) is 6.20 Å². The molecule has 126 valence electrons. The first-order chi connectivity index (χ1) is 11.7. The largest absolute Gasteiger partial charge is 0.476 e. The molecule has 2 rings (SSSR count). The van der Waals surface area contributed by atoms with Crippen molar-refractivity contribution in [2.45, 2.75) is 11.3 Å². The summed E-state index contributed by atoms with van der Waals surface area (Å²) in [4.78, 5) is 26.6. The fraction of sp³-hybridized carbons (Fsp3) is 0.250. The minimum absolute atomic E-state index is 0.0164. The molecule has 1 amide bonds. The minimum atomic E-state index is -0.645. The van der Waals surface area contributed by atoms with Gasteiger partial charge in [0.15, 0.2) is 6.61 Å². The summed E-state index contributed by atoms with van der Waals surface area (Å²) in [5.41, 5.74) is 0. The van der Waals surface area contributed by atoms with E-state index < -0.39 is 10.7 Å². The summed E-state index contributed by atoms with van der Waals surface area (Å²) in [6.07, 6.45) is 2.12. The summed E-state index contributed by atoms with van der Waals surface area (Å²) >= 11 is 1.72. The molecule has 0 fully saturated rings. The van der Waals surface area contributed by atoms with Gasteiger partial charge in [-0.2, -0.15) is 0 Å². The Labute approximate surface area is 143 Å². The van der Waals surface area contributed by atoms with Gasteiger partial charge in [0.05, 0.1) is 0 Å². The highest BCUT2D eigenvalue weighted by atomic mass is 32.2. The van der Waals surface area contributed by atoms with E-state index in [0.29, 0.717) is 6.54 Å². The highest BCUT2D eigenvalue weighted by molar-refractivity contribution is 7.99. The molecule has 8 heteroatoms. The number of aromatic nitrogens is 1. The molecule has 1 aromatic carbocycles. The van der Waals surface area contributed by atoms with Gasteiger partial charge >= 0.3 is 5.82 Å². The van der Waals surface area contributed by atoms with E-state index in [-0.39, 0.29) is 18.3 Å². The van der Waals surface area contributed by atoms with E-state index in [4.69, 9.17) is 4.74 Å². The monoisotopic (exact) mass is 347 g/mol. The molecule has 0 saturated carbocycles. The van der Waals surface area contributed by atoms with Crippen molar-refractivity contribution in [2.24, 2.45) is 0 Å². The fourth-order valence-electron chi connectivity index (χ4n) is 1.83. The zero-order valence-electron chi connectivity index (χ0n) is 12.9. The van der Waals surface area contributed by atoms with Crippen LogP contribution in [0.25, 0.3) is 0 Å². The number of hydrogen-bond acceptors (Lipinski definition) is 6. The lowest BCUT2D eigenvalue weighted by Gasteiger charge is -2.07. The zero-order chi connectivity index (χ0) is 17.2. The lowest BCUT2D eigenvalue weighted by atomic mass is 10.4. The number of nitrogens with zero attached hydrogens (tertiary/aromatic N) is 2. The second-order valence-electron chi connectivity index (χ2n) is 4.74. The number of carbonyl (C=O) groups is 1. The molecule has 0 aliphatic carbocycles. The Kier molecular flexibility index (Phi) is 7.03. The maximum Gasteiger partial charge on any atom is 0.406 e. The molecule has 0 unspecified atom stereocenters. The molecular formula is C16H17N3O4S. The van der Waals surface area contributed by atoms with E-state index in [2.05, 4.69) is 10.3 Å². The topological polar surface area (TPSA) is 94.4 Å². The van der Waals surface area contributed by atoms with Gasteiger partial charge in [0.25, 0.3) is 5.91 Å². The van der Waals surface area contributed by atoms with Crippen LogP contribution in [-0.4, -0.2) is 34.7 Å². The second kappa shape index (κ2) is 9.51. The molecule has 0 aliphatic rings. The fourth-order valence-corrected chi connectivity index (χ4v) is 2.71. The number of thioether (sulfide) groups is 1. The maximum absolute atomic E-state index is 11.7. The third-order valence-electron chi connectivity index (χ3n) is 2.94. The van der Waals surface area contributed by atoms with Crippen molar-refractivity contribution < 1.29 is 14.5 Å². The van der Waals surface area contributed by atoms with Gasteiger partial charge in [0.2, 0.25) is 5.75 Å². The molecule has 0 atom stereocenters. The molecule has 1 heterocycles. The van der Waals surface area contributed by atoms with Crippen LogP contribution in [0.15, 0.2) is 53.6 Å². The lowest BCUT2D eigenvalue weighted by molar-refractivity contribution is -0.390. The first kappa shape index (κ1) is 17.7. The van der Waals surface area contributed by atoms with Crippen LogP contribution < -0.4 is 10.1 Å². The third kappa shape index (κ3) is 5.88. The number of benzene rings is 1. The second-order valence-corrected chi connectivity index (χ2v) is 5.90. The standard InChI is InChI=1S/C16H17N3O4S/c20-15(12-23-14-8-4-9-18-16(14)19(21)22)17-10-5-11-24-13-6-2-1-3-7-13/h1-4,6-9H,5,10-12H2,(H,17,20). The van der Waals surface area contributed by atoms with Gasteiger partial charge in [0, 0.05) is 11.4 Å². The first-order valence-corrected chi connectivity index (χ1v) is 8.32. The molecule has 0 saturated heterocycles. The maximum atomic E-state index is 11.7. The van der Waals surface area contributed by atoms with Crippen LogP contribution in [0.2, 0.25) is 0 Å². The van der Waals surface area contributed by atoms with Crippen molar-refractivity contribution in [3.63, 3.8) is 0 Å². The van der Waals surface area contributed by atoms with E-state index in [0.717, 1.165) is 12.2 Å². The van der Waals surface area contributed by atoms with E-state index in [1.54, 1.807) is 11.8 Å². The van der Waals surface area contributed by atoms with E-state index >= 15 is 0 Å². The van der Waals surface area contributed by atoms with E-state index in [1.165, 1.54) is 23.2 Å². The summed E-state index contributed by atoms with van der Waals surface area (Å²) < 4.78 is 5.17. The summed E-state index contributed by atoms with van der Waals surface area (Å²) in [7, 11) is 0.